The summed E-state index contributed by atoms with van der Waals surface area (Å²) in [5.41, 5.74) is 4.28. The summed E-state index contributed by atoms with van der Waals surface area (Å²) in [7, 11) is 2.11. The minimum absolute atomic E-state index is 0.338. The summed E-state index contributed by atoms with van der Waals surface area (Å²) in [6, 6.07) is 6.52. The molecule has 24 heavy (non-hydrogen) atoms. The van der Waals surface area contributed by atoms with Gasteiger partial charge in [-0.3, -0.25) is 0 Å². The van der Waals surface area contributed by atoms with Gasteiger partial charge >= 0.3 is 0 Å². The second-order valence-corrected chi connectivity index (χ2v) is 5.87. The fourth-order valence-electron chi connectivity index (χ4n) is 2.80. The number of aromatic nitrogens is 4. The Hall–Kier alpha value is -2.58. The highest BCUT2D eigenvalue weighted by Crippen LogP contribution is 2.23. The van der Waals surface area contributed by atoms with Gasteiger partial charge in [-0.1, -0.05) is 12.1 Å². The first kappa shape index (κ1) is 15.0. The number of halogens is 1. The van der Waals surface area contributed by atoms with E-state index in [2.05, 4.69) is 37.4 Å². The van der Waals surface area contributed by atoms with E-state index in [-0.39, 0.29) is 5.82 Å². The van der Waals surface area contributed by atoms with Gasteiger partial charge < -0.3 is 10.3 Å². The number of hydrogen-bond acceptors (Lipinski definition) is 6. The molecular weight excluding hydrogens is 309 g/mol. The van der Waals surface area contributed by atoms with E-state index in [1.54, 1.807) is 24.4 Å². The van der Waals surface area contributed by atoms with Gasteiger partial charge in [-0.25, -0.2) is 24.0 Å². The molecule has 0 radical (unpaired) electrons. The monoisotopic (exact) mass is 327 g/mol. The number of benzene rings is 1. The van der Waals surface area contributed by atoms with Crippen molar-refractivity contribution < 1.29 is 4.39 Å². The van der Waals surface area contributed by atoms with Crippen LogP contribution in [0.3, 0.4) is 0 Å². The Morgan fingerprint density at radius 3 is 2.67 bits per heavy atom. The van der Waals surface area contributed by atoms with E-state index in [0.29, 0.717) is 17.2 Å². The average Bonchev–Trinajstić information content (AvgIpc) is 3.02. The summed E-state index contributed by atoms with van der Waals surface area (Å²) in [6.45, 7) is 3.80. The van der Waals surface area contributed by atoms with Crippen molar-refractivity contribution in [3.8, 4) is 5.69 Å². The molecule has 0 unspecified atom stereocenters. The number of hydrazine groups is 1. The van der Waals surface area contributed by atoms with E-state index < -0.39 is 0 Å². The number of nitrogens with zero attached hydrogens (tertiary/aromatic N) is 6. The van der Waals surface area contributed by atoms with Gasteiger partial charge in [0.2, 0.25) is 0 Å². The number of anilines is 1. The predicted octanol–water partition coefficient (Wildman–Crippen LogP) is 1.53. The number of para-hydroxylation sites is 1. The normalized spacial score (nSPS) is 16.6. The van der Waals surface area contributed by atoms with Gasteiger partial charge in [0.05, 0.1) is 11.6 Å². The topological polar surface area (TPSA) is 62.1 Å². The van der Waals surface area contributed by atoms with E-state index in [1.807, 2.05) is 0 Å². The van der Waals surface area contributed by atoms with Gasteiger partial charge in [-0.05, 0) is 19.2 Å². The van der Waals surface area contributed by atoms with Crippen molar-refractivity contribution in [3.63, 3.8) is 0 Å². The first-order valence-corrected chi connectivity index (χ1v) is 7.86. The van der Waals surface area contributed by atoms with Gasteiger partial charge in [0.15, 0.2) is 11.5 Å². The Morgan fingerprint density at radius 1 is 1.08 bits per heavy atom. The van der Waals surface area contributed by atoms with Crippen molar-refractivity contribution >= 4 is 16.9 Å². The van der Waals surface area contributed by atoms with Crippen LogP contribution in [-0.2, 0) is 0 Å². The number of rotatable bonds is 3. The Kier molecular flexibility index (Phi) is 3.83. The van der Waals surface area contributed by atoms with E-state index >= 15 is 0 Å². The van der Waals surface area contributed by atoms with Crippen LogP contribution in [0.1, 0.15) is 0 Å². The maximum atomic E-state index is 14.1. The van der Waals surface area contributed by atoms with Crippen molar-refractivity contribution in [2.75, 3.05) is 38.7 Å². The van der Waals surface area contributed by atoms with E-state index in [1.165, 1.54) is 17.1 Å². The molecule has 4 rings (SSSR count). The molecular formula is C16H18FN7. The van der Waals surface area contributed by atoms with Crippen LogP contribution in [0.25, 0.3) is 16.7 Å². The SMILES string of the molecule is CN1CCN(Nc2ncnc3c2cnn3-c2ccccc2F)CC1. The Bertz CT molecular complexity index is 855. The second-order valence-electron chi connectivity index (χ2n) is 5.87. The van der Waals surface area contributed by atoms with Crippen LogP contribution in [-0.4, -0.2) is 62.9 Å². The van der Waals surface area contributed by atoms with E-state index in [0.717, 1.165) is 31.6 Å². The minimum atomic E-state index is -0.338. The molecule has 7 nitrogen and oxygen atoms in total. The molecule has 0 amide bonds. The van der Waals surface area contributed by atoms with Crippen LogP contribution in [0.15, 0.2) is 36.8 Å². The standard InChI is InChI=1S/C16H18FN7/c1-22-6-8-23(9-7-22)21-15-12-10-20-24(16(12)19-11-18-15)14-5-3-2-4-13(14)17/h2-5,10-11H,6-9H2,1H3,(H,18,19,21). The van der Waals surface area contributed by atoms with Crippen molar-refractivity contribution in [2.45, 2.75) is 0 Å². The molecule has 124 valence electrons. The fraction of sp³-hybridized carbons (Fsp3) is 0.312. The van der Waals surface area contributed by atoms with Crippen LogP contribution in [0.5, 0.6) is 0 Å². The van der Waals surface area contributed by atoms with Gasteiger partial charge in [-0.2, -0.15) is 5.10 Å². The lowest BCUT2D eigenvalue weighted by atomic mass is 10.3. The molecule has 1 saturated heterocycles. The Morgan fingerprint density at radius 2 is 1.88 bits per heavy atom. The van der Waals surface area contributed by atoms with E-state index in [4.69, 9.17) is 0 Å². The molecule has 2 aromatic heterocycles. The average molecular weight is 327 g/mol. The summed E-state index contributed by atoms with van der Waals surface area (Å²) in [6.07, 6.45) is 3.14. The lowest BCUT2D eigenvalue weighted by Gasteiger charge is -2.32. The molecule has 0 aliphatic carbocycles. The number of likely N-dealkylation sites (N-methyl/N-ethyl adjacent to an activating group) is 1. The molecule has 0 saturated carbocycles. The summed E-state index contributed by atoms with van der Waals surface area (Å²) in [5, 5.41) is 7.19. The highest BCUT2D eigenvalue weighted by atomic mass is 19.1. The molecule has 1 N–H and O–H groups in total. The third kappa shape index (κ3) is 2.70. The van der Waals surface area contributed by atoms with Crippen molar-refractivity contribution in [1.29, 1.82) is 0 Å². The van der Waals surface area contributed by atoms with Crippen LogP contribution in [0, 0.1) is 5.82 Å². The highest BCUT2D eigenvalue weighted by molar-refractivity contribution is 5.86. The van der Waals surface area contributed by atoms with Crippen LogP contribution >= 0.6 is 0 Å². The van der Waals surface area contributed by atoms with Crippen LogP contribution in [0.2, 0.25) is 0 Å². The quantitative estimate of drug-likeness (QED) is 0.787. The summed E-state index contributed by atoms with van der Waals surface area (Å²) >= 11 is 0. The molecule has 0 atom stereocenters. The zero-order valence-electron chi connectivity index (χ0n) is 13.4. The zero-order valence-corrected chi connectivity index (χ0v) is 13.4. The molecule has 3 heterocycles. The summed E-state index contributed by atoms with van der Waals surface area (Å²) in [4.78, 5) is 10.9. The lowest BCUT2D eigenvalue weighted by molar-refractivity contribution is 0.178. The number of hydrogen-bond donors (Lipinski definition) is 1. The molecule has 8 heteroatoms. The maximum Gasteiger partial charge on any atom is 0.168 e. The highest BCUT2D eigenvalue weighted by Gasteiger charge is 2.17. The van der Waals surface area contributed by atoms with Crippen molar-refractivity contribution in [1.82, 2.24) is 29.7 Å². The molecule has 1 aromatic carbocycles. The summed E-state index contributed by atoms with van der Waals surface area (Å²) in [5.74, 6) is 0.349. The molecule has 1 fully saturated rings. The number of fused-ring (bicyclic) bond motifs is 1. The molecule has 3 aromatic rings. The van der Waals surface area contributed by atoms with Crippen molar-refractivity contribution in [2.24, 2.45) is 0 Å². The first-order valence-electron chi connectivity index (χ1n) is 7.86. The van der Waals surface area contributed by atoms with Gasteiger partial charge in [0.25, 0.3) is 0 Å². The minimum Gasteiger partial charge on any atom is -0.304 e. The van der Waals surface area contributed by atoms with Gasteiger partial charge in [-0.15, -0.1) is 0 Å². The predicted molar refractivity (Wildman–Crippen MR) is 89.3 cm³/mol. The van der Waals surface area contributed by atoms with Gasteiger partial charge in [0.1, 0.15) is 17.8 Å². The van der Waals surface area contributed by atoms with Crippen LogP contribution in [0.4, 0.5) is 10.2 Å². The second kappa shape index (κ2) is 6.14. The van der Waals surface area contributed by atoms with Crippen molar-refractivity contribution in [3.05, 3.63) is 42.6 Å². The van der Waals surface area contributed by atoms with E-state index in [9.17, 15) is 4.39 Å². The van der Waals surface area contributed by atoms with Gasteiger partial charge in [0, 0.05) is 26.2 Å². The molecule has 1 aliphatic rings. The van der Waals surface area contributed by atoms with Crippen LogP contribution < -0.4 is 5.43 Å². The number of piperazine rings is 1. The Labute approximate surface area is 138 Å². The zero-order chi connectivity index (χ0) is 16.5. The largest absolute Gasteiger partial charge is 0.304 e. The third-order valence-electron chi connectivity index (χ3n) is 4.21. The fourth-order valence-corrected chi connectivity index (χ4v) is 2.80. The number of nitrogens with one attached hydrogen (secondary N) is 1. The lowest BCUT2D eigenvalue weighted by Crippen LogP contribution is -2.47. The first-order chi connectivity index (χ1) is 11.7. The molecule has 0 bridgehead atoms. The Balaban J connectivity index is 1.68. The molecule has 1 aliphatic heterocycles. The summed E-state index contributed by atoms with van der Waals surface area (Å²) < 4.78 is 15.6. The third-order valence-corrected chi connectivity index (χ3v) is 4.21. The molecule has 0 spiro atoms. The maximum absolute atomic E-state index is 14.1. The smallest absolute Gasteiger partial charge is 0.168 e.